The molecular weight excluding hydrogens is 266 g/mol. The summed E-state index contributed by atoms with van der Waals surface area (Å²) in [6.07, 6.45) is 2.83. The molecule has 0 aliphatic heterocycles. The van der Waals surface area contributed by atoms with Crippen LogP contribution in [0.4, 0.5) is 4.79 Å². The molecular formula is C16H23N3O2. The molecule has 0 fully saturated rings. The van der Waals surface area contributed by atoms with Crippen molar-refractivity contribution in [3.05, 3.63) is 35.5 Å². The highest BCUT2D eigenvalue weighted by molar-refractivity contribution is 5.83. The number of aryl methyl sites for hydroxylation is 1. The number of fused-ring (bicyclic) bond motifs is 1. The molecule has 1 atom stereocenters. The van der Waals surface area contributed by atoms with Crippen molar-refractivity contribution in [1.29, 1.82) is 0 Å². The molecule has 2 rings (SSSR count). The lowest BCUT2D eigenvalue weighted by atomic mass is 10.1. The molecule has 0 aliphatic carbocycles. The molecule has 0 radical (unpaired) electrons. The van der Waals surface area contributed by atoms with Crippen molar-refractivity contribution in [1.82, 2.24) is 15.6 Å². The Bertz CT molecular complexity index is 607. The summed E-state index contributed by atoms with van der Waals surface area (Å²) in [5, 5.41) is 6.85. The number of aromatic nitrogens is 1. The van der Waals surface area contributed by atoms with Gasteiger partial charge in [0.15, 0.2) is 0 Å². The van der Waals surface area contributed by atoms with Gasteiger partial charge in [-0.25, -0.2) is 4.79 Å². The number of carbonyl (C=O) groups is 1. The van der Waals surface area contributed by atoms with Crippen LogP contribution in [0.3, 0.4) is 0 Å². The van der Waals surface area contributed by atoms with Gasteiger partial charge in [-0.2, -0.15) is 0 Å². The average molecular weight is 289 g/mol. The number of nitrogens with one attached hydrogen (secondary N) is 3. The fourth-order valence-corrected chi connectivity index (χ4v) is 2.20. The summed E-state index contributed by atoms with van der Waals surface area (Å²) < 4.78 is 5.08. The number of ether oxygens (including phenoxy) is 1. The van der Waals surface area contributed by atoms with E-state index in [1.807, 2.05) is 13.1 Å². The number of amides is 2. The minimum Gasteiger partial charge on any atom is -0.380 e. The molecule has 0 spiro atoms. The molecule has 2 aromatic rings. The zero-order valence-corrected chi connectivity index (χ0v) is 12.8. The van der Waals surface area contributed by atoms with E-state index < -0.39 is 0 Å². The van der Waals surface area contributed by atoms with Crippen molar-refractivity contribution in [2.24, 2.45) is 0 Å². The van der Waals surface area contributed by atoms with Crippen LogP contribution in [0.2, 0.25) is 0 Å². The molecule has 2 amide bonds. The Morgan fingerprint density at radius 3 is 2.95 bits per heavy atom. The highest BCUT2D eigenvalue weighted by Gasteiger charge is 2.06. The van der Waals surface area contributed by atoms with Gasteiger partial charge >= 0.3 is 6.03 Å². The molecule has 114 valence electrons. The van der Waals surface area contributed by atoms with Crippen LogP contribution in [0.25, 0.3) is 10.9 Å². The third kappa shape index (κ3) is 4.23. The van der Waals surface area contributed by atoms with Gasteiger partial charge in [0, 0.05) is 37.3 Å². The molecule has 0 unspecified atom stereocenters. The van der Waals surface area contributed by atoms with Gasteiger partial charge in [-0.05, 0) is 37.5 Å². The van der Waals surface area contributed by atoms with Crippen LogP contribution in [-0.2, 0) is 11.2 Å². The predicted octanol–water partition coefficient (Wildman–Crippen LogP) is 2.35. The number of H-pyrrole nitrogens is 1. The summed E-state index contributed by atoms with van der Waals surface area (Å²) in [7, 11) is 1.63. The van der Waals surface area contributed by atoms with E-state index in [-0.39, 0.29) is 12.1 Å². The maximum atomic E-state index is 11.6. The normalized spacial score (nSPS) is 12.3. The van der Waals surface area contributed by atoms with E-state index >= 15 is 0 Å². The number of benzene rings is 1. The van der Waals surface area contributed by atoms with Crippen molar-refractivity contribution in [3.63, 3.8) is 0 Å². The third-order valence-corrected chi connectivity index (χ3v) is 3.56. The molecule has 5 nitrogen and oxygen atoms in total. The smallest absolute Gasteiger partial charge is 0.314 e. The van der Waals surface area contributed by atoms with Crippen molar-refractivity contribution in [2.75, 3.05) is 20.2 Å². The Balaban J connectivity index is 1.81. The second kappa shape index (κ2) is 7.13. The molecule has 3 N–H and O–H groups in total. The van der Waals surface area contributed by atoms with E-state index in [0.29, 0.717) is 13.1 Å². The summed E-state index contributed by atoms with van der Waals surface area (Å²) in [6, 6.07) is 6.20. The van der Waals surface area contributed by atoms with Gasteiger partial charge < -0.3 is 20.4 Å². The summed E-state index contributed by atoms with van der Waals surface area (Å²) in [4.78, 5) is 14.9. The first-order valence-corrected chi connectivity index (χ1v) is 7.21. The maximum absolute atomic E-state index is 11.6. The quantitative estimate of drug-likeness (QED) is 0.764. The van der Waals surface area contributed by atoms with E-state index in [2.05, 4.69) is 40.7 Å². The van der Waals surface area contributed by atoms with Crippen LogP contribution < -0.4 is 10.6 Å². The largest absolute Gasteiger partial charge is 0.380 e. The Morgan fingerprint density at radius 1 is 1.38 bits per heavy atom. The summed E-state index contributed by atoms with van der Waals surface area (Å²) in [5.41, 5.74) is 3.60. The zero-order chi connectivity index (χ0) is 15.2. The fraction of sp³-hybridized carbons (Fsp3) is 0.438. The van der Waals surface area contributed by atoms with Crippen LogP contribution in [0.15, 0.2) is 24.4 Å². The van der Waals surface area contributed by atoms with Crippen LogP contribution in [0, 0.1) is 6.92 Å². The second-order valence-corrected chi connectivity index (χ2v) is 5.30. The SMILES string of the molecule is CO[C@H](C)CNC(=O)NCCc1c[nH]c2cc(C)ccc12. The van der Waals surface area contributed by atoms with Crippen molar-refractivity contribution in [2.45, 2.75) is 26.4 Å². The van der Waals surface area contributed by atoms with Gasteiger partial charge in [0.1, 0.15) is 0 Å². The lowest BCUT2D eigenvalue weighted by Gasteiger charge is -2.11. The second-order valence-electron chi connectivity index (χ2n) is 5.30. The van der Waals surface area contributed by atoms with Crippen molar-refractivity contribution in [3.8, 4) is 0 Å². The minimum absolute atomic E-state index is 0.0209. The van der Waals surface area contributed by atoms with Crippen LogP contribution in [0.5, 0.6) is 0 Å². The molecule has 5 heteroatoms. The lowest BCUT2D eigenvalue weighted by molar-refractivity contribution is 0.118. The van der Waals surface area contributed by atoms with Crippen molar-refractivity contribution < 1.29 is 9.53 Å². The average Bonchev–Trinajstić information content (AvgIpc) is 2.87. The third-order valence-electron chi connectivity index (χ3n) is 3.56. The highest BCUT2D eigenvalue weighted by atomic mass is 16.5. The minimum atomic E-state index is -0.158. The topological polar surface area (TPSA) is 66.2 Å². The van der Waals surface area contributed by atoms with Crippen LogP contribution >= 0.6 is 0 Å². The van der Waals surface area contributed by atoms with Gasteiger partial charge in [-0.1, -0.05) is 12.1 Å². The predicted molar refractivity (Wildman–Crippen MR) is 84.6 cm³/mol. The Labute approximate surface area is 125 Å². The number of hydrogen-bond acceptors (Lipinski definition) is 2. The van der Waals surface area contributed by atoms with Crippen molar-refractivity contribution >= 4 is 16.9 Å². The standard InChI is InChI=1S/C16H23N3O2/c1-11-4-5-14-13(10-18-15(14)8-11)6-7-17-16(20)19-9-12(2)21-3/h4-5,8,10,12,18H,6-7,9H2,1-3H3,(H2,17,19,20)/t12-/m1/s1. The monoisotopic (exact) mass is 289 g/mol. The van der Waals surface area contributed by atoms with E-state index in [4.69, 9.17) is 4.74 Å². The van der Waals surface area contributed by atoms with Gasteiger partial charge in [-0.15, -0.1) is 0 Å². The summed E-state index contributed by atoms with van der Waals surface area (Å²) in [5.74, 6) is 0. The number of carbonyl (C=O) groups excluding carboxylic acids is 1. The number of hydrogen-bond donors (Lipinski definition) is 3. The lowest BCUT2D eigenvalue weighted by Crippen LogP contribution is -2.40. The molecule has 1 aromatic carbocycles. The van der Waals surface area contributed by atoms with E-state index in [1.165, 1.54) is 16.5 Å². The van der Waals surface area contributed by atoms with E-state index in [0.717, 1.165) is 11.9 Å². The first-order valence-electron chi connectivity index (χ1n) is 7.21. The Morgan fingerprint density at radius 2 is 2.19 bits per heavy atom. The molecule has 0 bridgehead atoms. The first-order chi connectivity index (χ1) is 10.1. The van der Waals surface area contributed by atoms with Gasteiger partial charge in [0.2, 0.25) is 0 Å². The molecule has 0 aliphatic rings. The van der Waals surface area contributed by atoms with E-state index in [1.54, 1.807) is 7.11 Å². The summed E-state index contributed by atoms with van der Waals surface area (Å²) >= 11 is 0. The van der Waals surface area contributed by atoms with Gasteiger partial charge in [0.25, 0.3) is 0 Å². The number of urea groups is 1. The fourth-order valence-electron chi connectivity index (χ4n) is 2.20. The molecule has 1 heterocycles. The molecule has 1 aromatic heterocycles. The highest BCUT2D eigenvalue weighted by Crippen LogP contribution is 2.19. The van der Waals surface area contributed by atoms with Crippen LogP contribution in [-0.4, -0.2) is 37.3 Å². The number of aromatic amines is 1. The van der Waals surface area contributed by atoms with Crippen LogP contribution in [0.1, 0.15) is 18.1 Å². The number of methoxy groups -OCH3 is 1. The van der Waals surface area contributed by atoms with Gasteiger partial charge in [-0.3, -0.25) is 0 Å². The molecule has 0 saturated heterocycles. The first kappa shape index (κ1) is 15.4. The Hall–Kier alpha value is -2.01. The molecule has 0 saturated carbocycles. The molecule has 21 heavy (non-hydrogen) atoms. The maximum Gasteiger partial charge on any atom is 0.314 e. The Kier molecular flexibility index (Phi) is 5.22. The van der Waals surface area contributed by atoms with Gasteiger partial charge in [0.05, 0.1) is 6.10 Å². The summed E-state index contributed by atoms with van der Waals surface area (Å²) in [6.45, 7) is 5.10. The zero-order valence-electron chi connectivity index (χ0n) is 12.8. The number of rotatable bonds is 6. The van der Waals surface area contributed by atoms with E-state index in [9.17, 15) is 4.79 Å².